The van der Waals surface area contributed by atoms with Crippen molar-refractivity contribution in [3.63, 3.8) is 0 Å². The summed E-state index contributed by atoms with van der Waals surface area (Å²) >= 11 is 0. The van der Waals surface area contributed by atoms with E-state index < -0.39 is 0 Å². The first-order valence-corrected chi connectivity index (χ1v) is 12.2. The molecule has 0 bridgehead atoms. The number of nitrogens with one attached hydrogen (secondary N) is 2. The molecule has 0 amide bonds. The third-order valence-corrected chi connectivity index (χ3v) is 6.14. The van der Waals surface area contributed by atoms with Gasteiger partial charge in [-0.2, -0.15) is 0 Å². The first kappa shape index (κ1) is 23.1. The van der Waals surface area contributed by atoms with E-state index in [1.165, 1.54) is 0 Å². The molecule has 0 aliphatic heterocycles. The molecule has 2 N–H and O–H groups in total. The lowest BCUT2D eigenvalue weighted by Crippen LogP contribution is -1.98. The second-order valence-corrected chi connectivity index (χ2v) is 8.56. The van der Waals surface area contributed by atoms with Crippen molar-refractivity contribution in [1.29, 1.82) is 0 Å². The summed E-state index contributed by atoms with van der Waals surface area (Å²) in [5.41, 5.74) is 4.65. The van der Waals surface area contributed by atoms with Crippen molar-refractivity contribution >= 4 is 28.2 Å². The number of aromatic nitrogens is 4. The zero-order valence-corrected chi connectivity index (χ0v) is 20.7. The van der Waals surface area contributed by atoms with Crippen LogP contribution < -0.4 is 15.4 Å². The van der Waals surface area contributed by atoms with E-state index in [2.05, 4.69) is 55.9 Å². The van der Waals surface area contributed by atoms with Crippen LogP contribution in [-0.2, 0) is 0 Å². The molecule has 6 aromatic rings. The van der Waals surface area contributed by atoms with Crippen LogP contribution in [-0.4, -0.2) is 27.0 Å². The van der Waals surface area contributed by atoms with Gasteiger partial charge in [0.25, 0.3) is 0 Å². The van der Waals surface area contributed by atoms with Crippen molar-refractivity contribution in [3.05, 3.63) is 116 Å². The molecule has 0 fully saturated rings. The molecular weight excluding hydrogens is 472 g/mol. The van der Waals surface area contributed by atoms with Crippen LogP contribution in [0.25, 0.3) is 33.2 Å². The Morgan fingerprint density at radius 3 is 2.26 bits per heavy atom. The van der Waals surface area contributed by atoms with E-state index in [-0.39, 0.29) is 0 Å². The fourth-order valence-corrected chi connectivity index (χ4v) is 4.29. The number of hydrogen-bond acceptors (Lipinski definition) is 7. The Balaban J connectivity index is 1.25. The molecule has 3 aromatic carbocycles. The van der Waals surface area contributed by atoms with Gasteiger partial charge < -0.3 is 15.4 Å². The summed E-state index contributed by atoms with van der Waals surface area (Å²) in [5.74, 6) is 2.46. The van der Waals surface area contributed by atoms with Gasteiger partial charge in [-0.05, 0) is 53.4 Å². The lowest BCUT2D eigenvalue weighted by Gasteiger charge is -2.13. The molecule has 184 valence electrons. The Morgan fingerprint density at radius 1 is 0.658 bits per heavy atom. The highest BCUT2D eigenvalue weighted by Crippen LogP contribution is 2.34. The van der Waals surface area contributed by atoms with Crippen LogP contribution in [0.3, 0.4) is 0 Å². The van der Waals surface area contributed by atoms with Crippen LogP contribution in [0.15, 0.2) is 116 Å². The van der Waals surface area contributed by atoms with E-state index >= 15 is 0 Å². The topological polar surface area (TPSA) is 84.9 Å². The van der Waals surface area contributed by atoms with Crippen LogP contribution in [0.1, 0.15) is 0 Å². The van der Waals surface area contributed by atoms with E-state index in [0.29, 0.717) is 17.6 Å². The molecule has 3 aromatic heterocycles. The standard InChI is InChI=1S/C31H24N6O/c1-32-31-34-19-17-28(37-31)26-12-7-18-33-30(26)38-23-15-13-22(14-16-23)36-29-25-11-6-5-10-24(25)27(20-35-29)21-8-3-2-4-9-21/h2-20H,1H3,(H,35,36)(H,32,34,37). The maximum atomic E-state index is 6.14. The summed E-state index contributed by atoms with van der Waals surface area (Å²) in [6.45, 7) is 0. The SMILES string of the molecule is CNc1nccc(-c2cccnc2Oc2ccc(Nc3ncc(-c4ccccc4)c4ccccc34)cc2)n1. The van der Waals surface area contributed by atoms with E-state index in [9.17, 15) is 0 Å². The number of pyridine rings is 2. The second kappa shape index (κ2) is 10.4. The highest BCUT2D eigenvalue weighted by atomic mass is 16.5. The van der Waals surface area contributed by atoms with Gasteiger partial charge in [0.15, 0.2) is 0 Å². The van der Waals surface area contributed by atoms with Crippen molar-refractivity contribution in [1.82, 2.24) is 19.9 Å². The second-order valence-electron chi connectivity index (χ2n) is 8.56. The first-order valence-electron chi connectivity index (χ1n) is 12.2. The molecule has 7 heteroatoms. The number of nitrogens with zero attached hydrogens (tertiary/aromatic N) is 4. The molecule has 0 saturated carbocycles. The third-order valence-electron chi connectivity index (χ3n) is 6.14. The average Bonchev–Trinajstić information content (AvgIpc) is 2.99. The summed E-state index contributed by atoms with van der Waals surface area (Å²) < 4.78 is 6.14. The number of rotatable bonds is 7. The lowest BCUT2D eigenvalue weighted by atomic mass is 10.0. The number of ether oxygens (including phenoxy) is 1. The summed E-state index contributed by atoms with van der Waals surface area (Å²) in [4.78, 5) is 17.9. The van der Waals surface area contributed by atoms with E-state index in [1.54, 1.807) is 19.4 Å². The minimum atomic E-state index is 0.470. The fourth-order valence-electron chi connectivity index (χ4n) is 4.29. The molecule has 7 nitrogen and oxygen atoms in total. The Labute approximate surface area is 220 Å². The summed E-state index contributed by atoms with van der Waals surface area (Å²) in [6, 6.07) is 32.0. The highest BCUT2D eigenvalue weighted by Gasteiger charge is 2.12. The van der Waals surface area contributed by atoms with Gasteiger partial charge in [-0.15, -0.1) is 0 Å². The van der Waals surface area contributed by atoms with Gasteiger partial charge in [0.1, 0.15) is 11.6 Å². The van der Waals surface area contributed by atoms with Gasteiger partial charge in [-0.3, -0.25) is 0 Å². The molecule has 3 heterocycles. The molecule has 38 heavy (non-hydrogen) atoms. The molecule has 0 aliphatic rings. The largest absolute Gasteiger partial charge is 0.438 e. The third kappa shape index (κ3) is 4.73. The Morgan fingerprint density at radius 2 is 1.45 bits per heavy atom. The predicted molar refractivity (Wildman–Crippen MR) is 152 cm³/mol. The van der Waals surface area contributed by atoms with Crippen LogP contribution in [0.4, 0.5) is 17.5 Å². The number of anilines is 3. The van der Waals surface area contributed by atoms with E-state index in [1.807, 2.05) is 72.9 Å². The summed E-state index contributed by atoms with van der Waals surface area (Å²) in [5, 5.41) is 8.62. The summed E-state index contributed by atoms with van der Waals surface area (Å²) in [7, 11) is 1.78. The molecule has 0 unspecified atom stereocenters. The zero-order valence-electron chi connectivity index (χ0n) is 20.7. The van der Waals surface area contributed by atoms with Crippen LogP contribution in [0.5, 0.6) is 11.6 Å². The van der Waals surface area contributed by atoms with Crippen molar-refractivity contribution in [2.45, 2.75) is 0 Å². The normalized spacial score (nSPS) is 10.8. The highest BCUT2D eigenvalue weighted by molar-refractivity contribution is 6.02. The van der Waals surface area contributed by atoms with Crippen LogP contribution in [0.2, 0.25) is 0 Å². The molecule has 6 rings (SSSR count). The van der Waals surface area contributed by atoms with Gasteiger partial charge >= 0.3 is 0 Å². The Hall–Kier alpha value is -5.30. The van der Waals surface area contributed by atoms with Gasteiger partial charge in [0.2, 0.25) is 11.8 Å². The number of fused-ring (bicyclic) bond motifs is 1. The lowest BCUT2D eigenvalue weighted by molar-refractivity contribution is 0.465. The maximum Gasteiger partial charge on any atom is 0.228 e. The van der Waals surface area contributed by atoms with E-state index in [0.717, 1.165) is 44.7 Å². The van der Waals surface area contributed by atoms with Crippen LogP contribution in [0, 0.1) is 0 Å². The summed E-state index contributed by atoms with van der Waals surface area (Å²) in [6.07, 6.45) is 5.33. The maximum absolute atomic E-state index is 6.14. The van der Waals surface area contributed by atoms with Crippen molar-refractivity contribution in [3.8, 4) is 34.0 Å². The van der Waals surface area contributed by atoms with E-state index in [4.69, 9.17) is 9.72 Å². The first-order chi connectivity index (χ1) is 18.8. The number of hydrogen-bond donors (Lipinski definition) is 2. The monoisotopic (exact) mass is 496 g/mol. The smallest absolute Gasteiger partial charge is 0.228 e. The van der Waals surface area contributed by atoms with Gasteiger partial charge in [0.05, 0.1) is 11.3 Å². The average molecular weight is 497 g/mol. The number of benzene rings is 3. The molecular formula is C31H24N6O. The Kier molecular flexibility index (Phi) is 6.30. The fraction of sp³-hybridized carbons (Fsp3) is 0.0323. The molecule has 0 atom stereocenters. The van der Waals surface area contributed by atoms with Crippen molar-refractivity contribution in [2.24, 2.45) is 0 Å². The molecule has 0 saturated heterocycles. The molecule has 0 spiro atoms. The minimum absolute atomic E-state index is 0.470. The predicted octanol–water partition coefficient (Wildman–Crippen LogP) is 7.33. The van der Waals surface area contributed by atoms with Crippen molar-refractivity contribution < 1.29 is 4.74 Å². The van der Waals surface area contributed by atoms with Crippen LogP contribution >= 0.6 is 0 Å². The van der Waals surface area contributed by atoms with Crippen molar-refractivity contribution in [2.75, 3.05) is 17.7 Å². The molecule has 0 aliphatic carbocycles. The quantitative estimate of drug-likeness (QED) is 0.239. The molecule has 0 radical (unpaired) electrons. The van der Waals surface area contributed by atoms with Gasteiger partial charge in [-0.25, -0.2) is 19.9 Å². The zero-order chi connectivity index (χ0) is 25.7. The van der Waals surface area contributed by atoms with Gasteiger partial charge in [0, 0.05) is 42.3 Å². The minimum Gasteiger partial charge on any atom is -0.438 e. The Bertz CT molecular complexity index is 1700. The van der Waals surface area contributed by atoms with Gasteiger partial charge in [-0.1, -0.05) is 54.6 Å².